The number of likely N-dealkylation sites (N-methyl/N-ethyl adjacent to an activating group) is 1. The third kappa shape index (κ3) is 5.52. The zero-order chi connectivity index (χ0) is 17.4. The van der Waals surface area contributed by atoms with Crippen LogP contribution in [0.3, 0.4) is 0 Å². The Labute approximate surface area is 141 Å². The van der Waals surface area contributed by atoms with Gasteiger partial charge in [-0.3, -0.25) is 14.5 Å². The SMILES string of the molecule is CN(CC(=O)OCc1ccccc1)[C@@H](Cc1ccccc1)C(=O)O. The second kappa shape index (κ2) is 8.84. The Morgan fingerprint density at radius 3 is 2.08 bits per heavy atom. The van der Waals surface area contributed by atoms with Crippen LogP contribution in [-0.4, -0.2) is 41.6 Å². The number of benzene rings is 2. The van der Waals surface area contributed by atoms with Gasteiger partial charge in [0.25, 0.3) is 0 Å². The van der Waals surface area contributed by atoms with Crippen molar-refractivity contribution in [3.63, 3.8) is 0 Å². The van der Waals surface area contributed by atoms with Gasteiger partial charge < -0.3 is 9.84 Å². The maximum atomic E-state index is 11.9. The van der Waals surface area contributed by atoms with E-state index >= 15 is 0 Å². The Kier molecular flexibility index (Phi) is 6.51. The molecule has 0 heterocycles. The summed E-state index contributed by atoms with van der Waals surface area (Å²) in [6.45, 7) is 0.112. The second-order valence-electron chi connectivity index (χ2n) is 5.61. The highest BCUT2D eigenvalue weighted by Gasteiger charge is 2.25. The van der Waals surface area contributed by atoms with Crippen molar-refractivity contribution in [3.8, 4) is 0 Å². The fourth-order valence-electron chi connectivity index (χ4n) is 2.37. The van der Waals surface area contributed by atoms with Crippen LogP contribution in [0.4, 0.5) is 0 Å². The van der Waals surface area contributed by atoms with E-state index in [-0.39, 0.29) is 13.2 Å². The number of carboxylic acids is 1. The third-order valence-corrected chi connectivity index (χ3v) is 3.71. The van der Waals surface area contributed by atoms with Gasteiger partial charge in [-0.2, -0.15) is 0 Å². The first-order valence-electron chi connectivity index (χ1n) is 7.73. The van der Waals surface area contributed by atoms with Gasteiger partial charge in [-0.1, -0.05) is 60.7 Å². The number of ether oxygens (including phenoxy) is 1. The molecule has 1 N–H and O–H groups in total. The lowest BCUT2D eigenvalue weighted by atomic mass is 10.1. The monoisotopic (exact) mass is 327 g/mol. The van der Waals surface area contributed by atoms with E-state index in [4.69, 9.17) is 4.74 Å². The van der Waals surface area contributed by atoms with Crippen molar-refractivity contribution in [3.05, 3.63) is 71.8 Å². The molecule has 2 aromatic carbocycles. The van der Waals surface area contributed by atoms with Crippen molar-refractivity contribution in [2.75, 3.05) is 13.6 Å². The molecule has 0 aliphatic carbocycles. The van der Waals surface area contributed by atoms with Crippen LogP contribution >= 0.6 is 0 Å². The minimum Gasteiger partial charge on any atom is -0.480 e. The van der Waals surface area contributed by atoms with Gasteiger partial charge >= 0.3 is 11.9 Å². The van der Waals surface area contributed by atoms with E-state index in [1.54, 1.807) is 7.05 Å². The molecule has 5 heteroatoms. The molecule has 0 aliphatic rings. The molecule has 1 atom stereocenters. The Hall–Kier alpha value is -2.66. The lowest BCUT2D eigenvalue weighted by Gasteiger charge is -2.23. The number of hydrogen-bond acceptors (Lipinski definition) is 4. The van der Waals surface area contributed by atoms with Crippen LogP contribution in [0.2, 0.25) is 0 Å². The Morgan fingerprint density at radius 2 is 1.54 bits per heavy atom. The van der Waals surface area contributed by atoms with E-state index in [1.807, 2.05) is 60.7 Å². The molecule has 0 unspecified atom stereocenters. The zero-order valence-corrected chi connectivity index (χ0v) is 13.6. The first-order chi connectivity index (χ1) is 11.6. The average Bonchev–Trinajstić information content (AvgIpc) is 2.59. The van der Waals surface area contributed by atoms with Crippen molar-refractivity contribution in [2.24, 2.45) is 0 Å². The standard InChI is InChI=1S/C19H21NO4/c1-20(13-18(21)24-14-16-10-6-3-7-11-16)17(19(22)23)12-15-8-4-2-5-9-15/h2-11,17H,12-14H2,1H3,(H,22,23)/t17-/m0/s1. The molecule has 0 bridgehead atoms. The number of carboxylic acid groups (broad SMARTS) is 1. The first kappa shape index (κ1) is 17.7. The second-order valence-corrected chi connectivity index (χ2v) is 5.61. The fraction of sp³-hybridized carbons (Fsp3) is 0.263. The molecule has 0 aliphatic heterocycles. The smallest absolute Gasteiger partial charge is 0.321 e. The van der Waals surface area contributed by atoms with Crippen LogP contribution in [0.25, 0.3) is 0 Å². The summed E-state index contributed by atoms with van der Waals surface area (Å²) in [6, 6.07) is 17.9. The number of esters is 1. The number of rotatable bonds is 8. The van der Waals surface area contributed by atoms with Gasteiger partial charge in [0.05, 0.1) is 6.54 Å². The maximum absolute atomic E-state index is 11.9. The molecule has 24 heavy (non-hydrogen) atoms. The first-order valence-corrected chi connectivity index (χ1v) is 7.73. The summed E-state index contributed by atoms with van der Waals surface area (Å²) in [6.07, 6.45) is 0.332. The fourth-order valence-corrected chi connectivity index (χ4v) is 2.37. The Bertz CT molecular complexity index is 658. The van der Waals surface area contributed by atoms with Crippen molar-refractivity contribution >= 4 is 11.9 Å². The summed E-state index contributed by atoms with van der Waals surface area (Å²) < 4.78 is 5.21. The molecular weight excluding hydrogens is 306 g/mol. The number of hydrogen-bond donors (Lipinski definition) is 1. The molecule has 126 valence electrons. The molecule has 2 aromatic rings. The highest BCUT2D eigenvalue weighted by Crippen LogP contribution is 2.09. The Morgan fingerprint density at radius 1 is 1.00 bits per heavy atom. The summed E-state index contributed by atoms with van der Waals surface area (Å²) in [4.78, 5) is 25.0. The lowest BCUT2D eigenvalue weighted by molar-refractivity contribution is -0.149. The summed E-state index contributed by atoms with van der Waals surface area (Å²) in [5.74, 6) is -1.40. The summed E-state index contributed by atoms with van der Waals surface area (Å²) in [5, 5.41) is 9.43. The molecule has 2 rings (SSSR count). The quantitative estimate of drug-likeness (QED) is 0.754. The van der Waals surface area contributed by atoms with Crippen LogP contribution < -0.4 is 0 Å². The molecule has 0 saturated heterocycles. The van der Waals surface area contributed by atoms with E-state index in [1.165, 1.54) is 4.90 Å². The van der Waals surface area contributed by atoms with Crippen molar-refractivity contribution in [1.29, 1.82) is 0 Å². The van der Waals surface area contributed by atoms with Gasteiger partial charge in [-0.25, -0.2) is 0 Å². The number of carbonyl (C=O) groups is 2. The van der Waals surface area contributed by atoms with E-state index in [0.717, 1.165) is 11.1 Å². The zero-order valence-electron chi connectivity index (χ0n) is 13.6. The normalized spacial score (nSPS) is 11.9. The number of aliphatic carboxylic acids is 1. The minimum atomic E-state index is -0.961. The summed E-state index contributed by atoms with van der Waals surface area (Å²) in [5.41, 5.74) is 1.81. The molecule has 0 aromatic heterocycles. The molecule has 5 nitrogen and oxygen atoms in total. The third-order valence-electron chi connectivity index (χ3n) is 3.71. The lowest BCUT2D eigenvalue weighted by Crippen LogP contribution is -2.43. The van der Waals surface area contributed by atoms with Crippen molar-refractivity contribution < 1.29 is 19.4 Å². The van der Waals surface area contributed by atoms with Crippen LogP contribution in [0.15, 0.2) is 60.7 Å². The van der Waals surface area contributed by atoms with E-state index in [0.29, 0.717) is 6.42 Å². The van der Waals surface area contributed by atoms with Crippen molar-refractivity contribution in [2.45, 2.75) is 19.1 Å². The summed E-state index contributed by atoms with van der Waals surface area (Å²) in [7, 11) is 1.62. The highest BCUT2D eigenvalue weighted by atomic mass is 16.5. The largest absolute Gasteiger partial charge is 0.480 e. The van der Waals surface area contributed by atoms with Crippen LogP contribution in [-0.2, 0) is 27.4 Å². The highest BCUT2D eigenvalue weighted by molar-refractivity contribution is 5.76. The molecule has 0 radical (unpaired) electrons. The van der Waals surface area contributed by atoms with Gasteiger partial charge in [0, 0.05) is 0 Å². The molecular formula is C19H21NO4. The van der Waals surface area contributed by atoms with E-state index < -0.39 is 18.0 Å². The predicted octanol–water partition coefficient (Wildman–Crippen LogP) is 2.36. The molecule has 0 amide bonds. The number of carbonyl (C=O) groups excluding carboxylic acids is 1. The molecule has 0 saturated carbocycles. The molecule has 0 spiro atoms. The maximum Gasteiger partial charge on any atom is 0.321 e. The van der Waals surface area contributed by atoms with Crippen molar-refractivity contribution in [1.82, 2.24) is 4.90 Å². The van der Waals surface area contributed by atoms with Crippen LogP contribution in [0, 0.1) is 0 Å². The van der Waals surface area contributed by atoms with Gasteiger partial charge in [0.15, 0.2) is 0 Å². The molecule has 0 fully saturated rings. The van der Waals surface area contributed by atoms with Crippen LogP contribution in [0.1, 0.15) is 11.1 Å². The predicted molar refractivity (Wildman–Crippen MR) is 90.4 cm³/mol. The van der Waals surface area contributed by atoms with Crippen LogP contribution in [0.5, 0.6) is 0 Å². The number of nitrogens with zero attached hydrogens (tertiary/aromatic N) is 1. The topological polar surface area (TPSA) is 66.8 Å². The summed E-state index contributed by atoms with van der Waals surface area (Å²) >= 11 is 0. The van der Waals surface area contributed by atoms with E-state index in [2.05, 4.69) is 0 Å². The van der Waals surface area contributed by atoms with Gasteiger partial charge in [-0.05, 0) is 24.6 Å². The van der Waals surface area contributed by atoms with E-state index in [9.17, 15) is 14.7 Å². The van der Waals surface area contributed by atoms with Gasteiger partial charge in [-0.15, -0.1) is 0 Å². The van der Waals surface area contributed by atoms with Gasteiger partial charge in [0.1, 0.15) is 12.6 Å². The minimum absolute atomic E-state index is 0.0728. The average molecular weight is 327 g/mol. The Balaban J connectivity index is 1.88. The van der Waals surface area contributed by atoms with Gasteiger partial charge in [0.2, 0.25) is 0 Å².